The number of carboxylic acid groups (broad SMARTS) is 1. The second-order valence-corrected chi connectivity index (χ2v) is 5.35. The van der Waals surface area contributed by atoms with Crippen molar-refractivity contribution in [1.82, 2.24) is 0 Å². The van der Waals surface area contributed by atoms with Crippen molar-refractivity contribution >= 4 is 40.3 Å². The molecule has 2 aromatic rings. The zero-order valence-corrected chi connectivity index (χ0v) is 13.0. The van der Waals surface area contributed by atoms with Gasteiger partial charge in [-0.05, 0) is 46.4 Å². The van der Waals surface area contributed by atoms with E-state index in [4.69, 9.17) is 9.84 Å². The highest BCUT2D eigenvalue weighted by Gasteiger charge is 2.10. The Morgan fingerprint density at radius 2 is 1.86 bits per heavy atom. The molecule has 5 nitrogen and oxygen atoms in total. The summed E-state index contributed by atoms with van der Waals surface area (Å²) in [6, 6.07) is 13.8. The zero-order chi connectivity index (χ0) is 15.2. The van der Waals surface area contributed by atoms with Crippen molar-refractivity contribution in [3.63, 3.8) is 0 Å². The maximum Gasteiger partial charge on any atom is 0.411 e. The Morgan fingerprint density at radius 1 is 1.14 bits per heavy atom. The van der Waals surface area contributed by atoms with Gasteiger partial charge in [-0.2, -0.15) is 0 Å². The van der Waals surface area contributed by atoms with Crippen LogP contribution in [0.2, 0.25) is 0 Å². The third-order valence-electron chi connectivity index (χ3n) is 2.66. The highest BCUT2D eigenvalue weighted by Crippen LogP contribution is 2.20. The Morgan fingerprint density at radius 3 is 2.52 bits per heavy atom. The van der Waals surface area contributed by atoms with Gasteiger partial charge in [0.25, 0.3) is 0 Å². The first-order chi connectivity index (χ1) is 10.1. The molecule has 0 fully saturated rings. The number of carboxylic acids is 1. The van der Waals surface area contributed by atoms with E-state index < -0.39 is 12.1 Å². The Labute approximate surface area is 135 Å². The molecule has 6 heteroatoms. The lowest BCUT2D eigenvalue weighted by Gasteiger charge is -2.09. The number of carbonyl (C=O) groups excluding carboxylic acids is 1. The molecule has 0 heterocycles. The molecule has 2 N–H and O–H groups in total. The van der Waals surface area contributed by atoms with Crippen molar-refractivity contribution < 1.29 is 19.4 Å². The van der Waals surface area contributed by atoms with Gasteiger partial charge in [-0.15, -0.1) is 0 Å². The van der Waals surface area contributed by atoms with Crippen LogP contribution in [0.3, 0.4) is 0 Å². The molecule has 2 aromatic carbocycles. The summed E-state index contributed by atoms with van der Waals surface area (Å²) in [4.78, 5) is 22.6. The number of anilines is 1. The van der Waals surface area contributed by atoms with Crippen LogP contribution in [0.4, 0.5) is 10.5 Å². The first-order valence-electron chi connectivity index (χ1n) is 6.07. The molecule has 0 aliphatic rings. The van der Waals surface area contributed by atoms with Gasteiger partial charge in [0, 0.05) is 3.57 Å². The number of benzene rings is 2. The molecule has 0 aliphatic carbocycles. The average molecular weight is 397 g/mol. The lowest BCUT2D eigenvalue weighted by molar-refractivity contribution is 0.0696. The third-order valence-corrected chi connectivity index (χ3v) is 3.60. The second kappa shape index (κ2) is 7.07. The highest BCUT2D eigenvalue weighted by atomic mass is 127. The predicted octanol–water partition coefficient (Wildman–Crippen LogP) is 3.74. The highest BCUT2D eigenvalue weighted by molar-refractivity contribution is 14.1. The number of halogens is 1. The molecular formula is C15H12INO4. The summed E-state index contributed by atoms with van der Waals surface area (Å²) < 4.78 is 5.82. The Balaban J connectivity index is 1.99. The molecule has 0 aliphatic heterocycles. The fourth-order valence-electron chi connectivity index (χ4n) is 1.62. The minimum Gasteiger partial charge on any atom is -0.478 e. The van der Waals surface area contributed by atoms with E-state index in [9.17, 15) is 9.59 Å². The second-order valence-electron chi connectivity index (χ2n) is 4.19. The van der Waals surface area contributed by atoms with Gasteiger partial charge < -0.3 is 9.84 Å². The van der Waals surface area contributed by atoms with E-state index in [-0.39, 0.29) is 12.2 Å². The quantitative estimate of drug-likeness (QED) is 0.771. The van der Waals surface area contributed by atoms with Gasteiger partial charge in [0.05, 0.1) is 11.3 Å². The number of amides is 1. The number of aromatic carboxylic acids is 1. The zero-order valence-electron chi connectivity index (χ0n) is 10.9. The van der Waals surface area contributed by atoms with E-state index >= 15 is 0 Å². The van der Waals surface area contributed by atoms with Crippen LogP contribution < -0.4 is 5.32 Å². The van der Waals surface area contributed by atoms with E-state index in [1.54, 1.807) is 6.07 Å². The van der Waals surface area contributed by atoms with Crippen molar-refractivity contribution in [3.05, 3.63) is 63.2 Å². The van der Waals surface area contributed by atoms with Gasteiger partial charge in [0.2, 0.25) is 0 Å². The minimum atomic E-state index is -1.05. The fraction of sp³-hybridized carbons (Fsp3) is 0.0667. The van der Waals surface area contributed by atoms with Crippen LogP contribution in [-0.2, 0) is 11.3 Å². The van der Waals surface area contributed by atoms with Crippen molar-refractivity contribution in [3.8, 4) is 0 Å². The summed E-state index contributed by atoms with van der Waals surface area (Å²) in [6.45, 7) is 0.155. The first kappa shape index (κ1) is 15.3. The number of ether oxygens (including phenoxy) is 1. The SMILES string of the molecule is O=C(Nc1cc(C(=O)O)ccc1I)OCc1ccccc1. The van der Waals surface area contributed by atoms with E-state index in [0.29, 0.717) is 5.69 Å². The molecule has 0 spiro atoms. The fourth-order valence-corrected chi connectivity index (χ4v) is 2.09. The minimum absolute atomic E-state index is 0.105. The summed E-state index contributed by atoms with van der Waals surface area (Å²) in [7, 11) is 0. The van der Waals surface area contributed by atoms with Crippen LogP contribution in [0.15, 0.2) is 48.5 Å². The number of carbonyl (C=O) groups is 2. The molecule has 0 bridgehead atoms. The molecule has 108 valence electrons. The average Bonchev–Trinajstić information content (AvgIpc) is 2.48. The monoisotopic (exact) mass is 397 g/mol. The lowest BCUT2D eigenvalue weighted by atomic mass is 10.2. The molecular weight excluding hydrogens is 385 g/mol. The van der Waals surface area contributed by atoms with Gasteiger partial charge in [0.1, 0.15) is 6.61 Å². The van der Waals surface area contributed by atoms with E-state index in [0.717, 1.165) is 9.13 Å². The number of rotatable bonds is 4. The molecule has 0 aromatic heterocycles. The number of hydrogen-bond acceptors (Lipinski definition) is 3. The number of hydrogen-bond donors (Lipinski definition) is 2. The van der Waals surface area contributed by atoms with Gasteiger partial charge in [-0.1, -0.05) is 30.3 Å². The largest absolute Gasteiger partial charge is 0.478 e. The van der Waals surface area contributed by atoms with Crippen LogP contribution >= 0.6 is 22.6 Å². The van der Waals surface area contributed by atoms with Gasteiger partial charge >= 0.3 is 12.1 Å². The maximum absolute atomic E-state index is 11.7. The first-order valence-corrected chi connectivity index (χ1v) is 7.14. The van der Waals surface area contributed by atoms with Crippen LogP contribution in [0, 0.1) is 3.57 Å². The normalized spacial score (nSPS) is 9.95. The van der Waals surface area contributed by atoms with Crippen molar-refractivity contribution in [1.29, 1.82) is 0 Å². The maximum atomic E-state index is 11.7. The van der Waals surface area contributed by atoms with Crippen LogP contribution in [0.1, 0.15) is 15.9 Å². The van der Waals surface area contributed by atoms with Crippen molar-refractivity contribution in [2.45, 2.75) is 6.61 Å². The molecule has 0 radical (unpaired) electrons. The lowest BCUT2D eigenvalue weighted by Crippen LogP contribution is -2.15. The predicted molar refractivity (Wildman–Crippen MR) is 86.4 cm³/mol. The van der Waals surface area contributed by atoms with E-state index in [1.807, 2.05) is 52.9 Å². The topological polar surface area (TPSA) is 75.6 Å². The molecule has 0 atom stereocenters. The third kappa shape index (κ3) is 4.45. The summed E-state index contributed by atoms with van der Waals surface area (Å²) in [5, 5.41) is 11.5. The standard InChI is InChI=1S/C15H12INO4/c16-12-7-6-11(14(18)19)8-13(12)17-15(20)21-9-10-4-2-1-3-5-10/h1-8H,9H2,(H,17,20)(H,18,19). The Bertz CT molecular complexity index is 658. The molecule has 21 heavy (non-hydrogen) atoms. The summed E-state index contributed by atoms with van der Waals surface area (Å²) in [5.74, 6) is -1.05. The van der Waals surface area contributed by atoms with Crippen molar-refractivity contribution in [2.75, 3.05) is 5.32 Å². The van der Waals surface area contributed by atoms with Gasteiger partial charge in [-0.3, -0.25) is 5.32 Å². The summed E-state index contributed by atoms with van der Waals surface area (Å²) in [6.07, 6.45) is -0.626. The van der Waals surface area contributed by atoms with Crippen LogP contribution in [0.5, 0.6) is 0 Å². The molecule has 0 saturated heterocycles. The van der Waals surface area contributed by atoms with E-state index in [1.165, 1.54) is 12.1 Å². The summed E-state index contributed by atoms with van der Waals surface area (Å²) in [5.41, 5.74) is 1.39. The Kier molecular flexibility index (Phi) is 5.15. The smallest absolute Gasteiger partial charge is 0.411 e. The van der Waals surface area contributed by atoms with Crippen LogP contribution in [0.25, 0.3) is 0 Å². The van der Waals surface area contributed by atoms with E-state index in [2.05, 4.69) is 5.32 Å². The Hall–Kier alpha value is -2.09. The van der Waals surface area contributed by atoms with Gasteiger partial charge in [-0.25, -0.2) is 9.59 Å². The molecule has 2 rings (SSSR count). The molecule has 0 saturated carbocycles. The molecule has 1 amide bonds. The van der Waals surface area contributed by atoms with Gasteiger partial charge in [0.15, 0.2) is 0 Å². The number of nitrogens with one attached hydrogen (secondary N) is 1. The van der Waals surface area contributed by atoms with Crippen molar-refractivity contribution in [2.24, 2.45) is 0 Å². The summed E-state index contributed by atoms with van der Waals surface area (Å²) >= 11 is 2.01. The van der Waals surface area contributed by atoms with Crippen LogP contribution in [-0.4, -0.2) is 17.2 Å². The molecule has 0 unspecified atom stereocenters.